The van der Waals surface area contributed by atoms with Gasteiger partial charge in [0.05, 0.1) is 5.56 Å². The number of aromatic carboxylic acids is 1. The molecule has 0 aromatic heterocycles. The van der Waals surface area contributed by atoms with Crippen LogP contribution in [0.15, 0.2) is 42.5 Å². The molecule has 1 aliphatic heterocycles. The lowest BCUT2D eigenvalue weighted by Gasteiger charge is -2.18. The second-order valence-corrected chi connectivity index (χ2v) is 6.24. The molecule has 0 bridgehead atoms. The van der Waals surface area contributed by atoms with E-state index in [1.165, 1.54) is 24.3 Å². The molecule has 0 aliphatic carbocycles. The summed E-state index contributed by atoms with van der Waals surface area (Å²) in [7, 11) is 0. The third-order valence-corrected chi connectivity index (χ3v) is 4.37. The fourth-order valence-corrected chi connectivity index (χ4v) is 3.05. The van der Waals surface area contributed by atoms with Gasteiger partial charge in [0.1, 0.15) is 17.7 Å². The maximum atomic E-state index is 13.1. The second kappa shape index (κ2) is 7.20. The molecule has 24 heavy (non-hydrogen) atoms. The van der Waals surface area contributed by atoms with Crippen LogP contribution in [0.5, 0.6) is 5.75 Å². The van der Waals surface area contributed by atoms with E-state index < -0.39 is 5.97 Å². The van der Waals surface area contributed by atoms with Gasteiger partial charge in [-0.1, -0.05) is 23.7 Å². The summed E-state index contributed by atoms with van der Waals surface area (Å²) < 4.78 is 19.0. The van der Waals surface area contributed by atoms with Gasteiger partial charge in [0, 0.05) is 24.7 Å². The van der Waals surface area contributed by atoms with E-state index in [-0.39, 0.29) is 17.5 Å². The first-order valence-corrected chi connectivity index (χ1v) is 8.05. The van der Waals surface area contributed by atoms with Gasteiger partial charge < -0.3 is 9.84 Å². The maximum Gasteiger partial charge on any atom is 0.335 e. The molecule has 1 saturated heterocycles. The van der Waals surface area contributed by atoms with E-state index >= 15 is 0 Å². The number of halogens is 2. The maximum absolute atomic E-state index is 13.1. The molecule has 1 fully saturated rings. The van der Waals surface area contributed by atoms with Crippen LogP contribution in [-0.2, 0) is 6.54 Å². The lowest BCUT2D eigenvalue weighted by Crippen LogP contribution is -2.24. The largest absolute Gasteiger partial charge is 0.489 e. The number of benzene rings is 2. The molecule has 1 N–H and O–H groups in total. The van der Waals surface area contributed by atoms with Crippen molar-refractivity contribution in [3.8, 4) is 5.75 Å². The Labute approximate surface area is 144 Å². The van der Waals surface area contributed by atoms with E-state index in [2.05, 4.69) is 4.90 Å². The molecule has 0 amide bonds. The Kier molecular flexibility index (Phi) is 5.02. The molecule has 0 spiro atoms. The van der Waals surface area contributed by atoms with E-state index in [4.69, 9.17) is 21.4 Å². The fraction of sp³-hybridized carbons (Fsp3) is 0.278. The molecule has 1 heterocycles. The summed E-state index contributed by atoms with van der Waals surface area (Å²) in [5.74, 6) is -0.759. The minimum atomic E-state index is -0.973. The van der Waals surface area contributed by atoms with Crippen molar-refractivity contribution in [2.75, 3.05) is 13.1 Å². The lowest BCUT2D eigenvalue weighted by molar-refractivity contribution is 0.0696. The van der Waals surface area contributed by atoms with E-state index in [9.17, 15) is 9.18 Å². The van der Waals surface area contributed by atoms with Crippen LogP contribution >= 0.6 is 11.6 Å². The van der Waals surface area contributed by atoms with Crippen molar-refractivity contribution in [1.82, 2.24) is 4.90 Å². The van der Waals surface area contributed by atoms with Crippen LogP contribution in [0.3, 0.4) is 0 Å². The molecular formula is C18H17ClFNO3. The monoisotopic (exact) mass is 349 g/mol. The third-order valence-electron chi connectivity index (χ3n) is 4.02. The molecule has 3 rings (SSSR count). The molecule has 0 saturated carbocycles. The van der Waals surface area contributed by atoms with Crippen molar-refractivity contribution in [3.05, 3.63) is 64.4 Å². The molecule has 1 unspecified atom stereocenters. The molecule has 4 nitrogen and oxygen atoms in total. The summed E-state index contributed by atoms with van der Waals surface area (Å²) in [5.41, 5.74) is 1.09. The van der Waals surface area contributed by atoms with E-state index in [1.807, 2.05) is 0 Å². The number of hydrogen-bond donors (Lipinski definition) is 1. The molecule has 1 atom stereocenters. The Balaban J connectivity index is 1.59. The number of hydrogen-bond acceptors (Lipinski definition) is 3. The number of nitrogens with zero attached hydrogens (tertiary/aromatic N) is 1. The Hall–Kier alpha value is -2.11. The minimum Gasteiger partial charge on any atom is -0.489 e. The predicted molar refractivity (Wildman–Crippen MR) is 89.1 cm³/mol. The average molecular weight is 350 g/mol. The Bertz CT molecular complexity index is 753. The normalized spacial score (nSPS) is 17.8. The lowest BCUT2D eigenvalue weighted by atomic mass is 10.2. The first kappa shape index (κ1) is 16.7. The summed E-state index contributed by atoms with van der Waals surface area (Å²) in [5, 5.41) is 9.44. The molecular weight excluding hydrogens is 333 g/mol. The van der Waals surface area contributed by atoms with Crippen molar-refractivity contribution in [2.45, 2.75) is 19.1 Å². The first-order valence-electron chi connectivity index (χ1n) is 7.67. The molecule has 2 aromatic rings. The van der Waals surface area contributed by atoms with Gasteiger partial charge >= 0.3 is 5.97 Å². The zero-order valence-corrected chi connectivity index (χ0v) is 13.7. The quantitative estimate of drug-likeness (QED) is 0.891. The third kappa shape index (κ3) is 4.04. The zero-order chi connectivity index (χ0) is 17.1. The number of likely N-dealkylation sites (tertiary alicyclic amines) is 1. The van der Waals surface area contributed by atoms with Crippen molar-refractivity contribution in [3.63, 3.8) is 0 Å². The predicted octanol–water partition coefficient (Wildman–Crippen LogP) is 3.83. The van der Waals surface area contributed by atoms with Crippen LogP contribution in [0, 0.1) is 5.82 Å². The zero-order valence-electron chi connectivity index (χ0n) is 12.9. The number of carboxylic acid groups (broad SMARTS) is 1. The summed E-state index contributed by atoms with van der Waals surface area (Å²) in [4.78, 5) is 13.2. The smallest absolute Gasteiger partial charge is 0.335 e. The standard InChI is InChI=1S/C18H17ClFNO3/c19-17-9-14(20)5-4-13(17)10-21-7-6-16(11-21)24-15-3-1-2-12(8-15)18(22)23/h1-5,8-9,16H,6-7,10-11H2,(H,22,23). The van der Waals surface area contributed by atoms with Gasteiger partial charge in [-0.3, -0.25) is 4.90 Å². The molecule has 1 aliphatic rings. The Morgan fingerprint density at radius 3 is 2.92 bits per heavy atom. The second-order valence-electron chi connectivity index (χ2n) is 5.83. The van der Waals surface area contributed by atoms with Crippen molar-refractivity contribution < 1.29 is 19.0 Å². The van der Waals surface area contributed by atoms with Gasteiger partial charge in [-0.05, 0) is 42.3 Å². The van der Waals surface area contributed by atoms with Crippen molar-refractivity contribution >= 4 is 17.6 Å². The van der Waals surface area contributed by atoms with Crippen molar-refractivity contribution in [1.29, 1.82) is 0 Å². The van der Waals surface area contributed by atoms with Crippen LogP contribution in [0.1, 0.15) is 22.3 Å². The number of carboxylic acids is 1. The van der Waals surface area contributed by atoms with Crippen molar-refractivity contribution in [2.24, 2.45) is 0 Å². The highest BCUT2D eigenvalue weighted by molar-refractivity contribution is 6.31. The SMILES string of the molecule is O=C(O)c1cccc(OC2CCN(Cc3ccc(F)cc3Cl)C2)c1. The highest BCUT2D eigenvalue weighted by Gasteiger charge is 2.24. The summed E-state index contributed by atoms with van der Waals surface area (Å²) in [6.07, 6.45) is 0.837. The number of rotatable bonds is 5. The summed E-state index contributed by atoms with van der Waals surface area (Å²) in [6, 6.07) is 10.9. The fourth-order valence-electron chi connectivity index (χ4n) is 2.82. The minimum absolute atomic E-state index is 0.00623. The Morgan fingerprint density at radius 1 is 1.33 bits per heavy atom. The Morgan fingerprint density at radius 2 is 2.17 bits per heavy atom. The van der Waals surface area contributed by atoms with Crippen LogP contribution in [-0.4, -0.2) is 35.2 Å². The van der Waals surface area contributed by atoms with Gasteiger partial charge in [0.2, 0.25) is 0 Å². The van der Waals surface area contributed by atoms with Gasteiger partial charge in [0.15, 0.2) is 0 Å². The van der Waals surface area contributed by atoms with Gasteiger partial charge in [-0.25, -0.2) is 9.18 Å². The average Bonchev–Trinajstić information content (AvgIpc) is 2.97. The van der Waals surface area contributed by atoms with Crippen LogP contribution in [0.4, 0.5) is 4.39 Å². The highest BCUT2D eigenvalue weighted by Crippen LogP contribution is 2.24. The van der Waals surface area contributed by atoms with E-state index in [0.29, 0.717) is 23.9 Å². The van der Waals surface area contributed by atoms with Crippen LogP contribution in [0.2, 0.25) is 5.02 Å². The molecule has 6 heteroatoms. The van der Waals surface area contributed by atoms with Crippen LogP contribution < -0.4 is 4.74 Å². The number of ether oxygens (including phenoxy) is 1. The summed E-state index contributed by atoms with van der Waals surface area (Å²) >= 11 is 6.07. The van der Waals surface area contributed by atoms with Gasteiger partial charge in [-0.2, -0.15) is 0 Å². The molecule has 126 valence electrons. The van der Waals surface area contributed by atoms with E-state index in [0.717, 1.165) is 18.5 Å². The van der Waals surface area contributed by atoms with E-state index in [1.54, 1.807) is 18.2 Å². The molecule has 0 radical (unpaired) electrons. The summed E-state index contributed by atoms with van der Waals surface area (Å²) in [6.45, 7) is 2.19. The van der Waals surface area contributed by atoms with Gasteiger partial charge in [0.25, 0.3) is 0 Å². The number of carbonyl (C=O) groups is 1. The highest BCUT2D eigenvalue weighted by atomic mass is 35.5. The molecule has 2 aromatic carbocycles. The van der Waals surface area contributed by atoms with Gasteiger partial charge in [-0.15, -0.1) is 0 Å². The first-order chi connectivity index (χ1) is 11.5. The van der Waals surface area contributed by atoms with Crippen LogP contribution in [0.25, 0.3) is 0 Å². The topological polar surface area (TPSA) is 49.8 Å².